The van der Waals surface area contributed by atoms with E-state index < -0.39 is 0 Å². The van der Waals surface area contributed by atoms with Crippen LogP contribution in [-0.2, 0) is 0 Å². The molecule has 0 saturated carbocycles. The van der Waals surface area contributed by atoms with Crippen LogP contribution in [0.2, 0.25) is 0 Å². The monoisotopic (exact) mass is 517 g/mol. The van der Waals surface area contributed by atoms with E-state index in [0.717, 1.165) is 5.75 Å². The maximum atomic E-state index is 6.48. The number of benzene rings is 5. The Morgan fingerprint density at radius 1 is 0.667 bits per heavy atom. The number of thiophene rings is 1. The van der Waals surface area contributed by atoms with Crippen molar-refractivity contribution in [1.29, 1.82) is 0 Å². The highest BCUT2D eigenvalue weighted by atomic mass is 32.1. The Morgan fingerprint density at radius 3 is 2.26 bits per heavy atom. The van der Waals surface area contributed by atoms with Crippen molar-refractivity contribution in [2.75, 3.05) is 0 Å². The first-order chi connectivity index (χ1) is 19.3. The van der Waals surface area contributed by atoms with Crippen LogP contribution in [0.1, 0.15) is 17.0 Å². The van der Waals surface area contributed by atoms with Crippen LogP contribution in [0.25, 0.3) is 53.2 Å². The summed E-state index contributed by atoms with van der Waals surface area (Å²) >= 11 is 1.89. The zero-order valence-corrected chi connectivity index (χ0v) is 21.9. The van der Waals surface area contributed by atoms with Crippen molar-refractivity contribution in [3.8, 4) is 11.4 Å². The summed E-state index contributed by atoms with van der Waals surface area (Å²) in [5.41, 5.74) is 7.49. The van der Waals surface area contributed by atoms with Crippen molar-refractivity contribution in [3.05, 3.63) is 139 Å². The van der Waals surface area contributed by atoms with Gasteiger partial charge in [0.2, 0.25) is 0 Å². The minimum absolute atomic E-state index is 0.0207. The molecule has 3 heterocycles. The van der Waals surface area contributed by atoms with E-state index in [-0.39, 0.29) is 12.0 Å². The van der Waals surface area contributed by atoms with E-state index in [0.29, 0.717) is 0 Å². The van der Waals surface area contributed by atoms with E-state index in [9.17, 15) is 0 Å². The number of hydrogen-bond acceptors (Lipinski definition) is 2. The van der Waals surface area contributed by atoms with Gasteiger partial charge in [0.05, 0.1) is 21.4 Å². The van der Waals surface area contributed by atoms with E-state index in [1.54, 1.807) is 0 Å². The molecule has 1 aliphatic heterocycles. The highest BCUT2D eigenvalue weighted by Gasteiger charge is 2.36. The summed E-state index contributed by atoms with van der Waals surface area (Å²) in [6, 6.07) is 39.6. The van der Waals surface area contributed by atoms with Crippen molar-refractivity contribution in [1.82, 2.24) is 4.57 Å². The molecule has 0 saturated heterocycles. The van der Waals surface area contributed by atoms with Gasteiger partial charge in [-0.1, -0.05) is 97.1 Å². The largest absolute Gasteiger partial charge is 0.484 e. The molecular formula is C36H23NOS. The van der Waals surface area contributed by atoms with Crippen molar-refractivity contribution in [2.24, 2.45) is 0 Å². The number of para-hydroxylation sites is 3. The number of ether oxygens (including phenoxy) is 1. The van der Waals surface area contributed by atoms with E-state index in [1.807, 2.05) is 11.3 Å². The molecule has 184 valence electrons. The minimum Gasteiger partial charge on any atom is -0.484 e. The van der Waals surface area contributed by atoms with Crippen LogP contribution in [0.4, 0.5) is 0 Å². The van der Waals surface area contributed by atoms with Gasteiger partial charge < -0.3 is 9.30 Å². The van der Waals surface area contributed by atoms with Crippen LogP contribution in [0.5, 0.6) is 5.75 Å². The van der Waals surface area contributed by atoms with Crippen molar-refractivity contribution in [2.45, 2.75) is 12.0 Å². The third kappa shape index (κ3) is 2.96. The topological polar surface area (TPSA) is 14.2 Å². The predicted octanol–water partition coefficient (Wildman–Crippen LogP) is 9.65. The van der Waals surface area contributed by atoms with Crippen molar-refractivity contribution >= 4 is 58.9 Å². The summed E-state index contributed by atoms with van der Waals surface area (Å²) < 4.78 is 11.5. The van der Waals surface area contributed by atoms with Crippen LogP contribution in [0, 0.1) is 0 Å². The lowest BCUT2D eigenvalue weighted by molar-refractivity contribution is 0.278. The van der Waals surface area contributed by atoms with Gasteiger partial charge in [-0.25, -0.2) is 0 Å². The van der Waals surface area contributed by atoms with Gasteiger partial charge in [-0.15, -0.1) is 11.3 Å². The molecule has 0 fully saturated rings. The lowest BCUT2D eigenvalue weighted by Crippen LogP contribution is -2.21. The van der Waals surface area contributed by atoms with E-state index in [2.05, 4.69) is 132 Å². The molecule has 0 bridgehead atoms. The molecule has 39 heavy (non-hydrogen) atoms. The number of hydrogen-bond donors (Lipinski definition) is 0. The number of allylic oxidation sites excluding steroid dienone is 2. The molecule has 2 aromatic heterocycles. The molecule has 0 radical (unpaired) electrons. The van der Waals surface area contributed by atoms with E-state index in [4.69, 9.17) is 4.74 Å². The third-order valence-corrected chi connectivity index (χ3v) is 9.58. The summed E-state index contributed by atoms with van der Waals surface area (Å²) in [5, 5.41) is 5.19. The molecule has 7 aromatic rings. The molecule has 2 atom stereocenters. The quantitative estimate of drug-likeness (QED) is 0.223. The molecule has 2 unspecified atom stereocenters. The summed E-state index contributed by atoms with van der Waals surface area (Å²) in [6.07, 6.45) is 6.71. The molecule has 0 spiro atoms. The Morgan fingerprint density at radius 2 is 1.41 bits per heavy atom. The van der Waals surface area contributed by atoms with Gasteiger partial charge in [0.15, 0.2) is 0 Å². The van der Waals surface area contributed by atoms with Gasteiger partial charge in [-0.2, -0.15) is 0 Å². The Hall–Kier alpha value is -4.60. The predicted molar refractivity (Wildman–Crippen MR) is 164 cm³/mol. The second-order valence-corrected chi connectivity index (χ2v) is 11.5. The Balaban J connectivity index is 1.23. The van der Waals surface area contributed by atoms with Crippen LogP contribution in [-0.4, -0.2) is 10.7 Å². The fourth-order valence-electron chi connectivity index (χ4n) is 6.65. The first kappa shape index (κ1) is 21.3. The van der Waals surface area contributed by atoms with Crippen molar-refractivity contribution in [3.63, 3.8) is 0 Å². The highest BCUT2D eigenvalue weighted by molar-refractivity contribution is 7.26. The summed E-state index contributed by atoms with van der Waals surface area (Å²) in [7, 11) is 0. The first-order valence-corrected chi connectivity index (χ1v) is 14.2. The maximum Gasteiger partial charge on any atom is 0.135 e. The second kappa shape index (κ2) is 7.95. The summed E-state index contributed by atoms with van der Waals surface area (Å²) in [6.45, 7) is 0. The van der Waals surface area contributed by atoms with Crippen LogP contribution in [0.15, 0.2) is 127 Å². The lowest BCUT2D eigenvalue weighted by atomic mass is 9.84. The van der Waals surface area contributed by atoms with Crippen LogP contribution < -0.4 is 4.74 Å². The molecule has 2 nitrogen and oxygen atoms in total. The zero-order valence-electron chi connectivity index (χ0n) is 21.0. The normalized spacial score (nSPS) is 18.0. The zero-order chi connectivity index (χ0) is 25.5. The Kier molecular flexibility index (Phi) is 4.35. The van der Waals surface area contributed by atoms with Gasteiger partial charge in [-0.3, -0.25) is 0 Å². The molecule has 0 N–H and O–H groups in total. The van der Waals surface area contributed by atoms with Gasteiger partial charge in [-0.05, 0) is 35.9 Å². The fraction of sp³-hybridized carbons (Fsp3) is 0.0556. The van der Waals surface area contributed by atoms with Gasteiger partial charge in [0, 0.05) is 43.3 Å². The number of rotatable bonds is 2. The third-order valence-electron chi connectivity index (χ3n) is 8.39. The highest BCUT2D eigenvalue weighted by Crippen LogP contribution is 2.47. The molecule has 9 rings (SSSR count). The molecule has 3 heteroatoms. The lowest BCUT2D eigenvalue weighted by Gasteiger charge is -2.23. The Labute approximate surface area is 229 Å². The Bertz CT molecular complexity index is 2120. The van der Waals surface area contributed by atoms with Gasteiger partial charge >= 0.3 is 0 Å². The van der Waals surface area contributed by atoms with Crippen LogP contribution in [0.3, 0.4) is 0 Å². The molecule has 5 aromatic carbocycles. The minimum atomic E-state index is 0.0207. The number of fused-ring (bicyclic) bond motifs is 9. The smallest absolute Gasteiger partial charge is 0.135 e. The van der Waals surface area contributed by atoms with E-state index >= 15 is 0 Å². The standard InChI is InChI=1S/C36H23NOS/c1-4-15-30-24(9-1)25-10-2-5-16-31(25)37(30)32-17-8-14-29-27-20-19-22(21-34(27)39-36(29)32)23-12-7-13-28-26-11-3-6-18-33(26)38-35(23)28/h1-21,28,35H. The summed E-state index contributed by atoms with van der Waals surface area (Å²) in [5.74, 6) is 1.27. The van der Waals surface area contributed by atoms with Crippen LogP contribution >= 0.6 is 11.3 Å². The number of aromatic nitrogens is 1. The van der Waals surface area contributed by atoms with Gasteiger partial charge in [0.25, 0.3) is 0 Å². The van der Waals surface area contributed by atoms with Gasteiger partial charge in [0.1, 0.15) is 11.9 Å². The average Bonchev–Trinajstić information content (AvgIpc) is 3.66. The average molecular weight is 518 g/mol. The van der Waals surface area contributed by atoms with E-state index in [1.165, 1.54) is 64.4 Å². The molecule has 1 aliphatic carbocycles. The number of nitrogens with zero attached hydrogens (tertiary/aromatic N) is 1. The second-order valence-electron chi connectivity index (χ2n) is 10.4. The molecule has 0 amide bonds. The summed E-state index contributed by atoms with van der Waals surface area (Å²) in [4.78, 5) is 0. The SMILES string of the molecule is C1=CC2c3ccccc3OC2C(c2ccc3c(c2)sc2c(-n4c5ccccc5c5ccccc54)cccc23)=C1. The maximum absolute atomic E-state index is 6.48. The van der Waals surface area contributed by atoms with Crippen molar-refractivity contribution < 1.29 is 4.74 Å². The molecule has 2 aliphatic rings. The first-order valence-electron chi connectivity index (χ1n) is 13.4. The fourth-order valence-corrected chi connectivity index (χ4v) is 7.90. The molecular weight excluding hydrogens is 494 g/mol.